The molecule has 0 unspecified atom stereocenters. The average molecular weight is 255 g/mol. The summed E-state index contributed by atoms with van der Waals surface area (Å²) >= 11 is 5.18. The minimum Gasteiger partial charge on any atom is -0.360 e. The molecule has 1 amide bonds. The molecule has 2 rings (SSSR count). The van der Waals surface area contributed by atoms with Gasteiger partial charge in [-0.25, -0.2) is 0 Å². The largest absolute Gasteiger partial charge is 0.360 e. The Kier molecular flexibility index (Phi) is 4.59. The van der Waals surface area contributed by atoms with Crippen molar-refractivity contribution in [2.24, 2.45) is 0 Å². The predicted molar refractivity (Wildman–Crippen MR) is 71.8 cm³/mol. The Morgan fingerprint density at radius 2 is 1.65 bits per heavy atom. The van der Waals surface area contributed by atoms with Gasteiger partial charge in [-0.05, 0) is 37.9 Å². The fourth-order valence-electron chi connectivity index (χ4n) is 2.15. The molecule has 2 saturated carbocycles. The van der Waals surface area contributed by atoms with Gasteiger partial charge in [0.2, 0.25) is 5.91 Å². The number of hydrogen-bond donors (Lipinski definition) is 3. The maximum Gasteiger partial charge on any atom is 0.239 e. The van der Waals surface area contributed by atoms with Crippen LogP contribution in [0.4, 0.5) is 0 Å². The SMILES string of the molecule is O=C(CNC(=S)NC1CCCCC1)NC1CC1. The summed E-state index contributed by atoms with van der Waals surface area (Å²) in [4.78, 5) is 11.4. The van der Waals surface area contributed by atoms with Gasteiger partial charge in [-0.1, -0.05) is 19.3 Å². The lowest BCUT2D eigenvalue weighted by molar-refractivity contribution is -0.120. The second-order valence-corrected chi connectivity index (χ2v) is 5.41. The molecular weight excluding hydrogens is 234 g/mol. The number of thiocarbonyl (C=S) groups is 1. The van der Waals surface area contributed by atoms with Crippen LogP contribution in [-0.2, 0) is 4.79 Å². The molecule has 0 aromatic rings. The molecule has 5 heteroatoms. The lowest BCUT2D eigenvalue weighted by atomic mass is 9.96. The Labute approximate surface area is 108 Å². The zero-order valence-corrected chi connectivity index (χ0v) is 10.9. The summed E-state index contributed by atoms with van der Waals surface area (Å²) in [6.07, 6.45) is 8.52. The molecule has 0 bridgehead atoms. The summed E-state index contributed by atoms with van der Waals surface area (Å²) in [5, 5.41) is 9.79. The molecule has 0 spiro atoms. The fourth-order valence-corrected chi connectivity index (χ4v) is 2.39. The van der Waals surface area contributed by atoms with Gasteiger partial charge in [0, 0.05) is 12.1 Å². The van der Waals surface area contributed by atoms with Gasteiger partial charge in [0.05, 0.1) is 6.54 Å². The number of carbonyl (C=O) groups is 1. The van der Waals surface area contributed by atoms with E-state index < -0.39 is 0 Å². The predicted octanol–water partition coefficient (Wildman–Crippen LogP) is 1.06. The van der Waals surface area contributed by atoms with Gasteiger partial charge in [-0.3, -0.25) is 4.79 Å². The third-order valence-corrected chi connectivity index (χ3v) is 3.55. The van der Waals surface area contributed by atoms with Crippen LogP contribution in [-0.4, -0.2) is 29.6 Å². The highest BCUT2D eigenvalue weighted by Crippen LogP contribution is 2.18. The van der Waals surface area contributed by atoms with Crippen LogP contribution in [0.15, 0.2) is 0 Å². The Hall–Kier alpha value is -0.840. The van der Waals surface area contributed by atoms with E-state index >= 15 is 0 Å². The van der Waals surface area contributed by atoms with E-state index in [1.165, 1.54) is 32.1 Å². The first kappa shape index (κ1) is 12.6. The van der Waals surface area contributed by atoms with Crippen LogP contribution in [0.5, 0.6) is 0 Å². The summed E-state index contributed by atoms with van der Waals surface area (Å²) in [7, 11) is 0. The van der Waals surface area contributed by atoms with Crippen LogP contribution >= 0.6 is 12.2 Å². The van der Waals surface area contributed by atoms with Crippen molar-refractivity contribution in [2.75, 3.05) is 6.54 Å². The highest BCUT2D eigenvalue weighted by Gasteiger charge is 2.23. The highest BCUT2D eigenvalue weighted by atomic mass is 32.1. The van der Waals surface area contributed by atoms with Crippen LogP contribution in [0.3, 0.4) is 0 Å². The zero-order valence-electron chi connectivity index (χ0n) is 10.1. The van der Waals surface area contributed by atoms with Gasteiger partial charge < -0.3 is 16.0 Å². The standard InChI is InChI=1S/C12H21N3OS/c16-11(14-10-6-7-10)8-13-12(17)15-9-4-2-1-3-5-9/h9-10H,1-8H2,(H,14,16)(H2,13,15,17). The molecule has 96 valence electrons. The number of carbonyl (C=O) groups excluding carboxylic acids is 1. The van der Waals surface area contributed by atoms with Gasteiger partial charge in [-0.15, -0.1) is 0 Å². The van der Waals surface area contributed by atoms with E-state index in [1.807, 2.05) is 0 Å². The Balaban J connectivity index is 1.57. The van der Waals surface area contributed by atoms with E-state index in [9.17, 15) is 4.79 Å². The number of nitrogens with one attached hydrogen (secondary N) is 3. The van der Waals surface area contributed by atoms with E-state index in [0.717, 1.165) is 12.8 Å². The number of rotatable bonds is 4. The second-order valence-electron chi connectivity index (χ2n) is 5.00. The summed E-state index contributed by atoms with van der Waals surface area (Å²) in [6, 6.07) is 0.916. The van der Waals surface area contributed by atoms with Crippen LogP contribution in [0.25, 0.3) is 0 Å². The van der Waals surface area contributed by atoms with E-state index in [0.29, 0.717) is 17.2 Å². The van der Waals surface area contributed by atoms with Crippen molar-refractivity contribution in [3.8, 4) is 0 Å². The first-order chi connectivity index (χ1) is 8.24. The third-order valence-electron chi connectivity index (χ3n) is 3.29. The Morgan fingerprint density at radius 3 is 2.29 bits per heavy atom. The summed E-state index contributed by atoms with van der Waals surface area (Å²) < 4.78 is 0. The fraction of sp³-hybridized carbons (Fsp3) is 0.833. The first-order valence-electron chi connectivity index (χ1n) is 6.58. The topological polar surface area (TPSA) is 53.2 Å². The minimum atomic E-state index is 0.0419. The van der Waals surface area contributed by atoms with E-state index in [2.05, 4.69) is 16.0 Å². The molecule has 2 aliphatic carbocycles. The molecule has 0 aliphatic heterocycles. The van der Waals surface area contributed by atoms with Crippen molar-refractivity contribution >= 4 is 23.2 Å². The molecule has 2 aliphatic rings. The first-order valence-corrected chi connectivity index (χ1v) is 6.98. The van der Waals surface area contributed by atoms with Gasteiger partial charge in [0.25, 0.3) is 0 Å². The molecule has 3 N–H and O–H groups in total. The second kappa shape index (κ2) is 6.19. The lowest BCUT2D eigenvalue weighted by Crippen LogP contribution is -2.46. The van der Waals surface area contributed by atoms with Crippen molar-refractivity contribution in [1.82, 2.24) is 16.0 Å². The molecule has 0 atom stereocenters. The lowest BCUT2D eigenvalue weighted by Gasteiger charge is -2.24. The van der Waals surface area contributed by atoms with Crippen molar-refractivity contribution in [3.63, 3.8) is 0 Å². The third kappa shape index (κ3) is 4.89. The quantitative estimate of drug-likeness (QED) is 0.658. The molecule has 2 fully saturated rings. The molecule has 0 heterocycles. The van der Waals surface area contributed by atoms with Gasteiger partial charge in [0.1, 0.15) is 0 Å². The molecule has 0 aromatic carbocycles. The van der Waals surface area contributed by atoms with Gasteiger partial charge in [-0.2, -0.15) is 0 Å². The molecule has 0 saturated heterocycles. The van der Waals surface area contributed by atoms with Crippen molar-refractivity contribution in [3.05, 3.63) is 0 Å². The minimum absolute atomic E-state index is 0.0419. The number of hydrogen-bond acceptors (Lipinski definition) is 2. The summed E-state index contributed by atoms with van der Waals surface area (Å²) in [5.41, 5.74) is 0. The van der Waals surface area contributed by atoms with Crippen LogP contribution in [0, 0.1) is 0 Å². The molecule has 17 heavy (non-hydrogen) atoms. The molecule has 0 radical (unpaired) electrons. The average Bonchev–Trinajstić information content (AvgIpc) is 3.12. The van der Waals surface area contributed by atoms with Crippen LogP contribution in [0.2, 0.25) is 0 Å². The van der Waals surface area contributed by atoms with Crippen LogP contribution < -0.4 is 16.0 Å². The summed E-state index contributed by atoms with van der Waals surface area (Å²) in [5.74, 6) is 0.0419. The monoisotopic (exact) mass is 255 g/mol. The Bertz CT molecular complexity index is 285. The molecule has 0 aromatic heterocycles. The highest BCUT2D eigenvalue weighted by molar-refractivity contribution is 7.80. The maximum absolute atomic E-state index is 11.4. The van der Waals surface area contributed by atoms with E-state index in [-0.39, 0.29) is 12.5 Å². The van der Waals surface area contributed by atoms with Gasteiger partial charge in [0.15, 0.2) is 5.11 Å². The zero-order chi connectivity index (χ0) is 12.1. The van der Waals surface area contributed by atoms with Crippen molar-refractivity contribution in [2.45, 2.75) is 57.0 Å². The normalized spacial score (nSPS) is 20.7. The molecular formula is C12H21N3OS. The molecule has 4 nitrogen and oxygen atoms in total. The smallest absolute Gasteiger partial charge is 0.239 e. The maximum atomic E-state index is 11.4. The van der Waals surface area contributed by atoms with E-state index in [1.54, 1.807) is 0 Å². The Morgan fingerprint density at radius 1 is 1.00 bits per heavy atom. The number of amides is 1. The van der Waals surface area contributed by atoms with Gasteiger partial charge >= 0.3 is 0 Å². The summed E-state index contributed by atoms with van der Waals surface area (Å²) in [6.45, 7) is 0.287. The van der Waals surface area contributed by atoms with Crippen molar-refractivity contribution in [1.29, 1.82) is 0 Å². The van der Waals surface area contributed by atoms with Crippen LogP contribution in [0.1, 0.15) is 44.9 Å². The van der Waals surface area contributed by atoms with Crippen molar-refractivity contribution < 1.29 is 4.79 Å². The van der Waals surface area contributed by atoms with E-state index in [4.69, 9.17) is 12.2 Å².